The van der Waals surface area contributed by atoms with Crippen molar-refractivity contribution in [3.05, 3.63) is 79.2 Å². The summed E-state index contributed by atoms with van der Waals surface area (Å²) < 4.78 is 19.1. The van der Waals surface area contributed by atoms with Crippen LogP contribution in [0.4, 0.5) is 4.39 Å². The zero-order valence-corrected chi connectivity index (χ0v) is 15.1. The molecule has 0 saturated heterocycles. The van der Waals surface area contributed by atoms with Crippen LogP contribution in [0.25, 0.3) is 0 Å². The minimum absolute atomic E-state index is 0.208. The normalized spacial score (nSPS) is 10.0. The molecule has 0 unspecified atom stereocenters. The van der Waals surface area contributed by atoms with Crippen LogP contribution in [0.2, 0.25) is 0 Å². The number of carbonyl (C=O) groups is 3. The fourth-order valence-corrected chi connectivity index (χ4v) is 2.96. The summed E-state index contributed by atoms with van der Waals surface area (Å²) in [5.74, 6) is -1.74. The van der Waals surface area contributed by atoms with E-state index in [1.807, 2.05) is 0 Å². The smallest absolute Gasteiger partial charge is 0.343 e. The van der Waals surface area contributed by atoms with Gasteiger partial charge in [-0.2, -0.15) is 0 Å². The Balaban J connectivity index is 2.07. The van der Waals surface area contributed by atoms with Gasteiger partial charge < -0.3 is 4.74 Å². The minimum atomic E-state index is -0.760. The number of hydrogen-bond acceptors (Lipinski definition) is 6. The molecule has 0 aromatic heterocycles. The molecule has 0 bridgehead atoms. The predicted molar refractivity (Wildman–Crippen MR) is 99.9 cm³/mol. The largest absolute Gasteiger partial charge is 0.420 e. The van der Waals surface area contributed by atoms with Crippen molar-refractivity contribution in [3.63, 3.8) is 0 Å². The molecule has 0 aliphatic rings. The highest BCUT2D eigenvalue weighted by molar-refractivity contribution is 8.14. The van der Waals surface area contributed by atoms with E-state index in [2.05, 4.69) is 13.2 Å². The van der Waals surface area contributed by atoms with Crippen LogP contribution in [0.1, 0.15) is 10.4 Å². The van der Waals surface area contributed by atoms with Gasteiger partial charge in [0.2, 0.25) is 10.2 Å². The first-order chi connectivity index (χ1) is 12.4. The number of carbonyl (C=O) groups excluding carboxylic acids is 3. The van der Waals surface area contributed by atoms with Gasteiger partial charge in [0.25, 0.3) is 0 Å². The second-order valence-corrected chi connectivity index (χ2v) is 6.91. The summed E-state index contributed by atoms with van der Waals surface area (Å²) in [4.78, 5) is 35.7. The van der Waals surface area contributed by atoms with Crippen molar-refractivity contribution < 1.29 is 23.5 Å². The van der Waals surface area contributed by atoms with E-state index in [-0.39, 0.29) is 21.5 Å². The molecule has 2 aromatic rings. The Kier molecular flexibility index (Phi) is 6.94. The van der Waals surface area contributed by atoms with E-state index in [4.69, 9.17) is 4.74 Å². The summed E-state index contributed by atoms with van der Waals surface area (Å²) >= 11 is 1.79. The monoisotopic (exact) mass is 388 g/mol. The van der Waals surface area contributed by atoms with Crippen molar-refractivity contribution in [2.24, 2.45) is 0 Å². The van der Waals surface area contributed by atoms with Gasteiger partial charge >= 0.3 is 5.97 Å². The van der Waals surface area contributed by atoms with E-state index in [1.54, 1.807) is 12.1 Å². The molecule has 0 aliphatic carbocycles. The van der Waals surface area contributed by atoms with Gasteiger partial charge in [0.15, 0.2) is 11.6 Å². The maximum Gasteiger partial charge on any atom is 0.343 e. The Bertz CT molecular complexity index is 876. The fraction of sp³-hybridized carbons (Fsp3) is 0. The molecule has 132 valence electrons. The zero-order valence-electron chi connectivity index (χ0n) is 13.4. The zero-order chi connectivity index (χ0) is 19.1. The van der Waals surface area contributed by atoms with Crippen molar-refractivity contribution in [1.29, 1.82) is 0 Å². The predicted octanol–water partition coefficient (Wildman–Crippen LogP) is 4.65. The van der Waals surface area contributed by atoms with E-state index in [1.165, 1.54) is 30.3 Å². The molecule has 26 heavy (non-hydrogen) atoms. The summed E-state index contributed by atoms with van der Waals surface area (Å²) in [6.07, 6.45) is 2.32. The number of rotatable bonds is 6. The number of benzene rings is 2. The molecular formula is C19H13FO4S2. The molecule has 0 radical (unpaired) electrons. The molecule has 4 nitrogen and oxygen atoms in total. The van der Waals surface area contributed by atoms with Gasteiger partial charge in [-0.15, -0.1) is 0 Å². The first-order valence-corrected chi connectivity index (χ1v) is 8.86. The highest BCUT2D eigenvalue weighted by Crippen LogP contribution is 2.26. The third kappa shape index (κ3) is 5.44. The van der Waals surface area contributed by atoms with Gasteiger partial charge in [-0.05, 0) is 78.1 Å². The molecule has 2 rings (SSSR count). The molecule has 2 aromatic carbocycles. The first kappa shape index (κ1) is 19.7. The van der Waals surface area contributed by atoms with Crippen molar-refractivity contribution >= 4 is 39.7 Å². The van der Waals surface area contributed by atoms with Crippen LogP contribution < -0.4 is 4.74 Å². The molecule has 0 spiro atoms. The number of ether oxygens (including phenoxy) is 1. The Morgan fingerprint density at radius 1 is 0.885 bits per heavy atom. The quantitative estimate of drug-likeness (QED) is 0.311. The molecular weight excluding hydrogens is 375 g/mol. The van der Waals surface area contributed by atoms with E-state index in [0.717, 1.165) is 35.7 Å². The average molecular weight is 388 g/mol. The lowest BCUT2D eigenvalue weighted by molar-refractivity contribution is -0.107. The maximum atomic E-state index is 14.0. The summed E-state index contributed by atoms with van der Waals surface area (Å²) in [5, 5.41) is -0.530. The third-order valence-corrected chi connectivity index (χ3v) is 4.70. The molecule has 0 fully saturated rings. The second kappa shape index (κ2) is 9.17. The highest BCUT2D eigenvalue weighted by atomic mass is 32.2. The summed E-state index contributed by atoms with van der Waals surface area (Å²) in [5.41, 5.74) is 0.208. The summed E-state index contributed by atoms with van der Waals surface area (Å²) in [7, 11) is 0. The van der Waals surface area contributed by atoms with Crippen molar-refractivity contribution in [2.75, 3.05) is 0 Å². The highest BCUT2D eigenvalue weighted by Gasteiger charge is 2.14. The van der Waals surface area contributed by atoms with Crippen LogP contribution in [0, 0.1) is 5.82 Å². The maximum absolute atomic E-state index is 14.0. The second-order valence-electron chi connectivity index (χ2n) is 4.76. The first-order valence-electron chi connectivity index (χ1n) is 7.23. The van der Waals surface area contributed by atoms with E-state index < -0.39 is 11.8 Å². The Morgan fingerprint density at radius 3 is 1.96 bits per heavy atom. The van der Waals surface area contributed by atoms with E-state index in [9.17, 15) is 18.8 Å². The van der Waals surface area contributed by atoms with Crippen LogP contribution >= 0.6 is 23.5 Å². The SMILES string of the molecule is C=CC(=O)Sc1ccc(C(=O)Oc2ccc(SC(=O)C=C)cc2F)cc1. The Morgan fingerprint density at radius 2 is 1.42 bits per heavy atom. The number of thioether (sulfide) groups is 2. The van der Waals surface area contributed by atoms with Crippen LogP contribution in [-0.2, 0) is 9.59 Å². The van der Waals surface area contributed by atoms with Crippen LogP contribution in [0.15, 0.2) is 77.6 Å². The van der Waals surface area contributed by atoms with Crippen LogP contribution in [-0.4, -0.2) is 16.2 Å². The average Bonchev–Trinajstić information content (AvgIpc) is 2.64. The number of esters is 1. The van der Waals surface area contributed by atoms with E-state index in [0.29, 0.717) is 9.79 Å². The lowest BCUT2D eigenvalue weighted by Crippen LogP contribution is -2.09. The lowest BCUT2D eigenvalue weighted by Gasteiger charge is -2.07. The molecule has 0 heterocycles. The van der Waals surface area contributed by atoms with Gasteiger partial charge in [0.1, 0.15) is 0 Å². The summed E-state index contributed by atoms with van der Waals surface area (Å²) in [6, 6.07) is 9.98. The van der Waals surface area contributed by atoms with Gasteiger partial charge in [-0.1, -0.05) is 13.2 Å². The third-order valence-electron chi connectivity index (χ3n) is 2.97. The van der Waals surface area contributed by atoms with Crippen molar-refractivity contribution in [3.8, 4) is 5.75 Å². The molecule has 0 amide bonds. The van der Waals surface area contributed by atoms with Gasteiger partial charge in [0.05, 0.1) is 5.56 Å². The molecule has 0 saturated carbocycles. The van der Waals surface area contributed by atoms with Crippen molar-refractivity contribution in [2.45, 2.75) is 9.79 Å². The summed E-state index contributed by atoms with van der Waals surface area (Å²) in [6.45, 7) is 6.72. The minimum Gasteiger partial charge on any atom is -0.420 e. The Hall–Kier alpha value is -2.64. The lowest BCUT2D eigenvalue weighted by atomic mass is 10.2. The number of halogens is 1. The Labute approximate surface area is 158 Å². The van der Waals surface area contributed by atoms with Gasteiger partial charge in [-0.3, -0.25) is 9.59 Å². The molecule has 0 atom stereocenters. The fourth-order valence-electron chi connectivity index (χ4n) is 1.76. The topological polar surface area (TPSA) is 60.4 Å². The molecule has 0 N–H and O–H groups in total. The molecule has 0 aliphatic heterocycles. The van der Waals surface area contributed by atoms with Crippen molar-refractivity contribution in [1.82, 2.24) is 0 Å². The van der Waals surface area contributed by atoms with E-state index >= 15 is 0 Å². The van der Waals surface area contributed by atoms with Gasteiger partial charge in [-0.25, -0.2) is 9.18 Å². The molecule has 7 heteroatoms. The van der Waals surface area contributed by atoms with Crippen LogP contribution in [0.3, 0.4) is 0 Å². The number of hydrogen-bond donors (Lipinski definition) is 0. The van der Waals surface area contributed by atoms with Crippen LogP contribution in [0.5, 0.6) is 5.75 Å². The standard InChI is InChI=1S/C19H13FO4S2/c1-3-17(21)25-13-7-5-12(6-8-13)19(23)24-16-10-9-14(11-15(16)20)26-18(22)4-2/h3-11H,1-2H2. The van der Waals surface area contributed by atoms with Gasteiger partial charge in [0, 0.05) is 9.79 Å².